The zero-order valence-electron chi connectivity index (χ0n) is 40.9. The molecule has 0 aliphatic carbocycles. The molecule has 0 radical (unpaired) electrons. The Balaban J connectivity index is 2.55. The van der Waals surface area contributed by atoms with Crippen LogP contribution >= 0.6 is 0 Å². The molecule has 21 heteroatoms. The lowest BCUT2D eigenvalue weighted by Gasteiger charge is -2.34. The summed E-state index contributed by atoms with van der Waals surface area (Å²) in [4.78, 5) is 143. The smallest absolute Gasteiger partial charge is 0.306 e. The van der Waals surface area contributed by atoms with Crippen LogP contribution in [0, 0.1) is 18.3 Å². The van der Waals surface area contributed by atoms with Crippen LogP contribution in [-0.4, -0.2) is 112 Å². The number of nitrogens with two attached hydrogens (primary N) is 1. The Labute approximate surface area is 407 Å². The van der Waals surface area contributed by atoms with Crippen LogP contribution in [0.25, 0.3) is 0 Å². The number of aryl methyl sites for hydroxylation is 1. The van der Waals surface area contributed by atoms with Crippen LogP contribution in [0.2, 0.25) is 0 Å². The molecule has 21 nitrogen and oxygen atoms in total. The number of carboxylic acids is 2. The number of unbranched alkanes of at least 4 members (excludes halogenated alkanes) is 1. The second-order valence-electron chi connectivity index (χ2n) is 18.5. The number of ether oxygens (including phenoxy) is 1. The third kappa shape index (κ3) is 21.4. The summed E-state index contributed by atoms with van der Waals surface area (Å²) in [5.41, 5.74) is 6.18. The van der Waals surface area contributed by atoms with Gasteiger partial charge in [0.25, 0.3) is 5.91 Å². The number of carbonyl (C=O) groups is 11. The second kappa shape index (κ2) is 29.0. The average molecular weight is 980 g/mol. The number of carbonyl (C=O) groups excluding carboxylic acids is 9. The molecule has 0 spiro atoms. The third-order valence-corrected chi connectivity index (χ3v) is 10.9. The highest BCUT2D eigenvalue weighted by atomic mass is 16.5. The summed E-state index contributed by atoms with van der Waals surface area (Å²) in [6, 6.07) is 6.77. The Morgan fingerprint density at radius 2 is 1.19 bits per heavy atom. The Kier molecular flexibility index (Phi) is 24.4. The van der Waals surface area contributed by atoms with Crippen LogP contribution in [-0.2, 0) is 70.5 Å². The highest BCUT2D eigenvalue weighted by Crippen LogP contribution is 2.21. The van der Waals surface area contributed by atoms with E-state index in [1.165, 1.54) is 0 Å². The van der Waals surface area contributed by atoms with Gasteiger partial charge in [0.2, 0.25) is 41.2 Å². The fourth-order valence-corrected chi connectivity index (χ4v) is 7.02. The van der Waals surface area contributed by atoms with Gasteiger partial charge in [-0.05, 0) is 54.2 Å². The fourth-order valence-electron chi connectivity index (χ4n) is 7.02. The average Bonchev–Trinajstić information content (AvgIpc) is 3.28. The molecule has 0 aliphatic rings. The summed E-state index contributed by atoms with van der Waals surface area (Å²) >= 11 is 0. The number of benzene rings is 2. The minimum absolute atomic E-state index is 0.0891. The van der Waals surface area contributed by atoms with Crippen LogP contribution in [0.1, 0.15) is 116 Å². The molecular formula is C49H69N7O14. The Morgan fingerprint density at radius 3 is 1.76 bits per heavy atom. The molecule has 10 N–H and O–H groups in total. The number of primary amides is 1. The minimum atomic E-state index is -1.80. The maximum atomic E-state index is 14.5. The van der Waals surface area contributed by atoms with E-state index in [9.17, 15) is 57.8 Å². The zero-order valence-corrected chi connectivity index (χ0v) is 40.9. The number of nitrogens with one attached hydrogen (secondary N) is 6. The molecule has 2 aromatic carbocycles. The molecule has 0 aliphatic heterocycles. The number of hydrogen-bond donors (Lipinski definition) is 9. The van der Waals surface area contributed by atoms with E-state index in [1.807, 2.05) is 6.92 Å². The summed E-state index contributed by atoms with van der Waals surface area (Å²) in [6.07, 6.45) is -1.95. The largest absolute Gasteiger partial charge is 0.481 e. The lowest BCUT2D eigenvalue weighted by atomic mass is 9.85. The maximum Gasteiger partial charge on any atom is 0.306 e. The molecule has 2 aromatic rings. The van der Waals surface area contributed by atoms with Crippen molar-refractivity contribution in [3.05, 3.63) is 71.3 Å². The Morgan fingerprint density at radius 1 is 0.629 bits per heavy atom. The zero-order chi connectivity index (χ0) is 52.7. The van der Waals surface area contributed by atoms with Crippen molar-refractivity contribution in [2.75, 3.05) is 0 Å². The quantitative estimate of drug-likeness (QED) is 0.0397. The van der Waals surface area contributed by atoms with Crippen molar-refractivity contribution in [2.24, 2.45) is 17.1 Å². The SMILES string of the molecule is CCCC[C@H](NC(=O)[C@H](CC(C)C)NC(=O)[C@@H](NC(=O)[C@H](Cc1ccccc1C)NC(=O)[C@H](CCC(=O)OCc1ccccc1)NC(=O)[C@H](CC(=O)O)NC(=O)CCC(=O)O)C(C)(C)C)C(=O)C(N)=O. The molecule has 0 saturated heterocycles. The number of ketones is 1. The minimum Gasteiger partial charge on any atom is -0.481 e. The van der Waals surface area contributed by atoms with E-state index >= 15 is 0 Å². The molecule has 0 saturated carbocycles. The van der Waals surface area contributed by atoms with Gasteiger partial charge in [-0.2, -0.15) is 0 Å². The van der Waals surface area contributed by atoms with Crippen molar-refractivity contribution in [2.45, 2.75) is 156 Å². The fraction of sp³-hybridized carbons (Fsp3) is 0.531. The number of esters is 1. The lowest BCUT2D eigenvalue weighted by molar-refractivity contribution is -0.145. The first-order valence-corrected chi connectivity index (χ1v) is 23.1. The number of amides is 7. The Bertz CT molecular complexity index is 2180. The second-order valence-corrected chi connectivity index (χ2v) is 18.5. The first-order valence-electron chi connectivity index (χ1n) is 23.1. The van der Waals surface area contributed by atoms with Crippen LogP contribution in [0.4, 0.5) is 0 Å². The van der Waals surface area contributed by atoms with Gasteiger partial charge in [0.1, 0.15) is 36.8 Å². The van der Waals surface area contributed by atoms with Gasteiger partial charge < -0.3 is 52.6 Å². The molecule has 0 aromatic heterocycles. The summed E-state index contributed by atoms with van der Waals surface area (Å²) in [5.74, 6) is -11.6. The van der Waals surface area contributed by atoms with Crippen LogP contribution < -0.4 is 37.6 Å². The third-order valence-electron chi connectivity index (χ3n) is 10.9. The molecule has 0 unspecified atom stereocenters. The highest BCUT2D eigenvalue weighted by molar-refractivity contribution is 6.37. The number of rotatable bonds is 30. The molecule has 6 atom stereocenters. The molecule has 0 heterocycles. The van der Waals surface area contributed by atoms with Crippen molar-refractivity contribution in [1.82, 2.24) is 31.9 Å². The normalized spacial score (nSPS) is 13.7. The number of aliphatic carboxylic acids is 2. The van der Waals surface area contributed by atoms with E-state index < -0.39 is 139 Å². The molecule has 384 valence electrons. The standard InChI is InChI=1S/C49H69N7O14/c1-8-9-19-32(41(63)43(50)64)52-45(66)34(24-28(2)3)55-48(69)42(49(5,6)7)56-47(68)35(25-31-18-14-13-15-29(31)4)54-44(65)33(20-23-40(62)70-27-30-16-11-10-12-17-30)53-46(67)36(26-39(60)61)51-37(57)21-22-38(58)59/h10-18,28,32-36,42H,8-9,19-27H2,1-7H3,(H2,50,64)(H,51,57)(H,52,66)(H,53,67)(H,54,65)(H,55,69)(H,56,68)(H,58,59)(H,60,61)/t32-,33-,34-,35-,36-,42+/m0/s1. The van der Waals surface area contributed by atoms with E-state index in [0.717, 1.165) is 5.56 Å². The summed E-state index contributed by atoms with van der Waals surface area (Å²) in [6.45, 7) is 12.0. The van der Waals surface area contributed by atoms with Gasteiger partial charge in [0.05, 0.1) is 18.9 Å². The number of Topliss-reactive ketones (excluding diaryl/α,β-unsaturated/α-hetero) is 1. The van der Waals surface area contributed by atoms with Gasteiger partial charge in [-0.25, -0.2) is 0 Å². The number of carboxylic acid groups (broad SMARTS) is 2. The maximum absolute atomic E-state index is 14.5. The van der Waals surface area contributed by atoms with Crippen molar-refractivity contribution < 1.29 is 67.7 Å². The molecular weight excluding hydrogens is 911 g/mol. The van der Waals surface area contributed by atoms with E-state index in [1.54, 1.807) is 96.1 Å². The van der Waals surface area contributed by atoms with Crippen molar-refractivity contribution >= 4 is 65.0 Å². The molecule has 70 heavy (non-hydrogen) atoms. The van der Waals surface area contributed by atoms with E-state index in [-0.39, 0.29) is 31.8 Å². The molecule has 0 bridgehead atoms. The van der Waals surface area contributed by atoms with Gasteiger partial charge in [0.15, 0.2) is 0 Å². The van der Waals surface area contributed by atoms with Crippen molar-refractivity contribution in [1.29, 1.82) is 0 Å². The van der Waals surface area contributed by atoms with Crippen LogP contribution in [0.5, 0.6) is 0 Å². The van der Waals surface area contributed by atoms with E-state index in [0.29, 0.717) is 24.0 Å². The highest BCUT2D eigenvalue weighted by Gasteiger charge is 2.39. The van der Waals surface area contributed by atoms with Gasteiger partial charge in [-0.15, -0.1) is 0 Å². The summed E-state index contributed by atoms with van der Waals surface area (Å²) in [7, 11) is 0. The number of hydrogen-bond acceptors (Lipinski definition) is 12. The first kappa shape index (κ1) is 58.9. The van der Waals surface area contributed by atoms with Crippen LogP contribution in [0.15, 0.2) is 54.6 Å². The van der Waals surface area contributed by atoms with Crippen LogP contribution in [0.3, 0.4) is 0 Å². The van der Waals surface area contributed by atoms with Gasteiger partial charge in [-0.1, -0.05) is 109 Å². The molecule has 2 rings (SSSR count). The van der Waals surface area contributed by atoms with Gasteiger partial charge >= 0.3 is 17.9 Å². The summed E-state index contributed by atoms with van der Waals surface area (Å²) < 4.78 is 5.36. The van der Waals surface area contributed by atoms with E-state index in [2.05, 4.69) is 31.9 Å². The lowest BCUT2D eigenvalue weighted by Crippen LogP contribution is -2.62. The summed E-state index contributed by atoms with van der Waals surface area (Å²) in [5, 5.41) is 33.7. The topological polar surface area (TPSA) is 336 Å². The predicted molar refractivity (Wildman–Crippen MR) is 254 cm³/mol. The van der Waals surface area contributed by atoms with Crippen molar-refractivity contribution in [3.8, 4) is 0 Å². The molecule has 7 amide bonds. The Hall–Kier alpha value is -7.19. The van der Waals surface area contributed by atoms with Crippen molar-refractivity contribution in [3.63, 3.8) is 0 Å². The molecule has 0 fully saturated rings. The van der Waals surface area contributed by atoms with Gasteiger partial charge in [0, 0.05) is 19.3 Å². The van der Waals surface area contributed by atoms with E-state index in [4.69, 9.17) is 15.6 Å². The monoisotopic (exact) mass is 979 g/mol. The first-order chi connectivity index (χ1) is 32.8. The van der Waals surface area contributed by atoms with Gasteiger partial charge in [-0.3, -0.25) is 52.7 Å². The predicted octanol–water partition coefficient (Wildman–Crippen LogP) is 1.65.